The molecule has 21 heavy (non-hydrogen) atoms. The zero-order valence-corrected chi connectivity index (χ0v) is 13.3. The Morgan fingerprint density at radius 3 is 2.00 bits per heavy atom. The van der Waals surface area contributed by atoms with Crippen molar-refractivity contribution < 1.29 is 0 Å². The van der Waals surface area contributed by atoms with E-state index in [0.717, 1.165) is 17.0 Å². The fourth-order valence-electron chi connectivity index (χ4n) is 1.79. The quantitative estimate of drug-likeness (QED) is 0.510. The zero-order chi connectivity index (χ0) is 15.2. The summed E-state index contributed by atoms with van der Waals surface area (Å²) in [5.41, 5.74) is 8.23. The van der Waals surface area contributed by atoms with Gasteiger partial charge in [0.25, 0.3) is 0 Å². The van der Waals surface area contributed by atoms with E-state index in [-0.39, 0.29) is 0 Å². The molecule has 0 amide bonds. The lowest BCUT2D eigenvalue weighted by Crippen LogP contribution is -2.24. The number of anilines is 1. The number of rotatable bonds is 3. The van der Waals surface area contributed by atoms with E-state index in [1.165, 1.54) is 11.1 Å². The molecule has 0 unspecified atom stereocenters. The first kappa shape index (κ1) is 15.2. The van der Waals surface area contributed by atoms with Crippen LogP contribution in [0.15, 0.2) is 53.6 Å². The van der Waals surface area contributed by atoms with Crippen molar-refractivity contribution in [3.63, 3.8) is 0 Å². The van der Waals surface area contributed by atoms with E-state index >= 15 is 0 Å². The molecule has 0 radical (unpaired) electrons. The van der Waals surface area contributed by atoms with Crippen LogP contribution in [0, 0.1) is 13.8 Å². The number of hydrogen-bond acceptors (Lipinski definition) is 2. The van der Waals surface area contributed by atoms with E-state index in [9.17, 15) is 0 Å². The predicted octanol–water partition coefficient (Wildman–Crippen LogP) is 4.01. The van der Waals surface area contributed by atoms with Crippen LogP contribution in [0.4, 0.5) is 5.69 Å². The van der Waals surface area contributed by atoms with Gasteiger partial charge in [0, 0.05) is 5.69 Å². The Morgan fingerprint density at radius 2 is 1.43 bits per heavy atom. The molecule has 3 nitrogen and oxygen atoms in total. The summed E-state index contributed by atoms with van der Waals surface area (Å²) in [4.78, 5) is 0. The summed E-state index contributed by atoms with van der Waals surface area (Å²) < 4.78 is 0. The topological polar surface area (TPSA) is 36.4 Å². The molecule has 0 saturated carbocycles. The second-order valence-corrected chi connectivity index (χ2v) is 5.40. The van der Waals surface area contributed by atoms with Gasteiger partial charge in [0.05, 0.1) is 5.71 Å². The molecule has 0 aliphatic rings. The van der Waals surface area contributed by atoms with Crippen molar-refractivity contribution in [3.8, 4) is 0 Å². The normalized spacial score (nSPS) is 11.1. The van der Waals surface area contributed by atoms with Crippen molar-refractivity contribution in [3.05, 3.63) is 65.2 Å². The van der Waals surface area contributed by atoms with Gasteiger partial charge in [-0.2, -0.15) is 5.10 Å². The Morgan fingerprint density at radius 1 is 0.905 bits per heavy atom. The van der Waals surface area contributed by atoms with Gasteiger partial charge in [0.15, 0.2) is 5.11 Å². The third-order valence-corrected chi connectivity index (χ3v) is 3.30. The van der Waals surface area contributed by atoms with Gasteiger partial charge in [-0.25, -0.2) is 0 Å². The largest absolute Gasteiger partial charge is 0.331 e. The first-order valence-electron chi connectivity index (χ1n) is 6.79. The second kappa shape index (κ2) is 6.99. The standard InChI is InChI=1S/C17H19N3S/c1-12-4-8-15(9-5-12)14(3)19-20-17(21)18-16-10-6-13(2)7-11-16/h4-11H,1-3H3,(H2,18,20,21). The van der Waals surface area contributed by atoms with Gasteiger partial charge in [-0.05, 0) is 50.7 Å². The first-order valence-corrected chi connectivity index (χ1v) is 7.20. The van der Waals surface area contributed by atoms with Gasteiger partial charge >= 0.3 is 0 Å². The number of nitrogens with zero attached hydrogens (tertiary/aromatic N) is 1. The van der Waals surface area contributed by atoms with Gasteiger partial charge in [-0.1, -0.05) is 47.5 Å². The molecule has 0 saturated heterocycles. The van der Waals surface area contributed by atoms with Crippen LogP contribution in [-0.2, 0) is 0 Å². The summed E-state index contributed by atoms with van der Waals surface area (Å²) in [6.45, 7) is 6.07. The number of hydrogen-bond donors (Lipinski definition) is 2. The Labute approximate surface area is 131 Å². The smallest absolute Gasteiger partial charge is 0.191 e. The number of aryl methyl sites for hydroxylation is 2. The highest BCUT2D eigenvalue weighted by Crippen LogP contribution is 2.08. The van der Waals surface area contributed by atoms with Crippen LogP contribution >= 0.6 is 12.2 Å². The minimum atomic E-state index is 0.477. The molecule has 0 bridgehead atoms. The highest BCUT2D eigenvalue weighted by atomic mass is 32.1. The molecule has 2 rings (SSSR count). The van der Waals surface area contributed by atoms with Gasteiger partial charge in [0.2, 0.25) is 0 Å². The number of benzene rings is 2. The summed E-state index contributed by atoms with van der Waals surface area (Å²) >= 11 is 5.23. The Hall–Kier alpha value is -2.20. The van der Waals surface area contributed by atoms with Gasteiger partial charge in [-0.3, -0.25) is 5.43 Å². The van der Waals surface area contributed by atoms with Crippen molar-refractivity contribution in [1.29, 1.82) is 0 Å². The van der Waals surface area contributed by atoms with Crippen LogP contribution in [0.1, 0.15) is 23.6 Å². The highest BCUT2D eigenvalue weighted by molar-refractivity contribution is 7.80. The lowest BCUT2D eigenvalue weighted by molar-refractivity contribution is 1.04. The van der Waals surface area contributed by atoms with E-state index in [4.69, 9.17) is 12.2 Å². The number of nitrogens with one attached hydrogen (secondary N) is 2. The monoisotopic (exact) mass is 297 g/mol. The molecule has 0 aliphatic carbocycles. The summed E-state index contributed by atoms with van der Waals surface area (Å²) in [5.74, 6) is 0. The van der Waals surface area contributed by atoms with Crippen molar-refractivity contribution in [2.75, 3.05) is 5.32 Å². The zero-order valence-electron chi connectivity index (χ0n) is 12.5. The molecule has 2 aromatic carbocycles. The Bertz CT molecular complexity index is 643. The molecule has 0 atom stereocenters. The fraction of sp³-hybridized carbons (Fsp3) is 0.176. The maximum atomic E-state index is 5.23. The molecular weight excluding hydrogens is 278 g/mol. The van der Waals surface area contributed by atoms with Crippen LogP contribution in [-0.4, -0.2) is 10.8 Å². The summed E-state index contributed by atoms with van der Waals surface area (Å²) in [7, 11) is 0. The lowest BCUT2D eigenvalue weighted by atomic mass is 10.1. The van der Waals surface area contributed by atoms with E-state index in [0.29, 0.717) is 5.11 Å². The third-order valence-electron chi connectivity index (χ3n) is 3.10. The average Bonchev–Trinajstić information content (AvgIpc) is 2.48. The summed E-state index contributed by atoms with van der Waals surface area (Å²) in [5, 5.41) is 7.88. The molecule has 108 valence electrons. The molecule has 0 heterocycles. The van der Waals surface area contributed by atoms with E-state index in [1.807, 2.05) is 43.3 Å². The van der Waals surface area contributed by atoms with Crippen LogP contribution in [0.5, 0.6) is 0 Å². The van der Waals surface area contributed by atoms with E-state index < -0.39 is 0 Å². The molecule has 2 N–H and O–H groups in total. The minimum Gasteiger partial charge on any atom is -0.331 e. The summed E-state index contributed by atoms with van der Waals surface area (Å²) in [6.07, 6.45) is 0. The third kappa shape index (κ3) is 4.68. The van der Waals surface area contributed by atoms with Crippen LogP contribution in [0.25, 0.3) is 0 Å². The molecule has 0 aliphatic heterocycles. The average molecular weight is 297 g/mol. The van der Waals surface area contributed by atoms with Crippen molar-refractivity contribution in [2.24, 2.45) is 5.10 Å². The number of hydrazone groups is 1. The van der Waals surface area contributed by atoms with Crippen LogP contribution < -0.4 is 10.7 Å². The van der Waals surface area contributed by atoms with Crippen molar-refractivity contribution in [2.45, 2.75) is 20.8 Å². The maximum absolute atomic E-state index is 5.23. The molecule has 4 heteroatoms. The van der Waals surface area contributed by atoms with Crippen molar-refractivity contribution in [1.82, 2.24) is 5.43 Å². The Balaban J connectivity index is 1.94. The molecule has 0 aromatic heterocycles. The van der Waals surface area contributed by atoms with Crippen LogP contribution in [0.3, 0.4) is 0 Å². The molecule has 2 aromatic rings. The molecule has 0 spiro atoms. The van der Waals surface area contributed by atoms with E-state index in [2.05, 4.69) is 41.8 Å². The van der Waals surface area contributed by atoms with Crippen LogP contribution in [0.2, 0.25) is 0 Å². The fourth-order valence-corrected chi connectivity index (χ4v) is 1.95. The van der Waals surface area contributed by atoms with Gasteiger partial charge in [0.1, 0.15) is 0 Å². The van der Waals surface area contributed by atoms with Gasteiger partial charge < -0.3 is 5.32 Å². The lowest BCUT2D eigenvalue weighted by Gasteiger charge is -2.08. The molecule has 0 fully saturated rings. The first-order chi connectivity index (χ1) is 10.0. The highest BCUT2D eigenvalue weighted by Gasteiger charge is 1.99. The maximum Gasteiger partial charge on any atom is 0.191 e. The number of thiocarbonyl (C=S) groups is 1. The SMILES string of the molecule is CC(=NNC(=S)Nc1ccc(C)cc1)c1ccc(C)cc1. The second-order valence-electron chi connectivity index (χ2n) is 5.00. The summed E-state index contributed by atoms with van der Waals surface area (Å²) in [6, 6.07) is 16.3. The van der Waals surface area contributed by atoms with E-state index in [1.54, 1.807) is 0 Å². The predicted molar refractivity (Wildman–Crippen MR) is 93.9 cm³/mol. The van der Waals surface area contributed by atoms with Gasteiger partial charge in [-0.15, -0.1) is 0 Å². The Kier molecular flexibility index (Phi) is 5.06. The van der Waals surface area contributed by atoms with Crippen molar-refractivity contribution >= 4 is 28.7 Å². The minimum absolute atomic E-state index is 0.477. The molecular formula is C17H19N3S.